The van der Waals surface area contributed by atoms with E-state index in [0.717, 1.165) is 5.56 Å². The maximum atomic E-state index is 13.6. The van der Waals surface area contributed by atoms with Gasteiger partial charge in [-0.3, -0.25) is 15.1 Å². The molecule has 0 aliphatic carbocycles. The summed E-state index contributed by atoms with van der Waals surface area (Å²) in [6.07, 6.45) is 1.69. The maximum Gasteiger partial charge on any atom is 0.295 e. The second kappa shape index (κ2) is 5.43. The highest BCUT2D eigenvalue weighted by molar-refractivity contribution is 5.62. The number of aryl methyl sites for hydroxylation is 1. The molecule has 0 unspecified atom stereocenters. The van der Waals surface area contributed by atoms with E-state index in [1.807, 2.05) is 13.0 Å². The van der Waals surface area contributed by atoms with Crippen molar-refractivity contribution in [3.05, 3.63) is 63.7 Å². The van der Waals surface area contributed by atoms with Crippen LogP contribution in [0.5, 0.6) is 0 Å². The van der Waals surface area contributed by atoms with Gasteiger partial charge in [-0.2, -0.15) is 0 Å². The quantitative estimate of drug-likeness (QED) is 0.678. The number of aromatic nitrogens is 1. The van der Waals surface area contributed by atoms with Crippen molar-refractivity contribution >= 4 is 11.4 Å². The summed E-state index contributed by atoms with van der Waals surface area (Å²) in [7, 11) is 0. The third kappa shape index (κ3) is 3.04. The summed E-state index contributed by atoms with van der Waals surface area (Å²) in [5, 5.41) is 13.5. The fourth-order valence-electron chi connectivity index (χ4n) is 1.62. The summed E-state index contributed by atoms with van der Waals surface area (Å²) in [4.78, 5) is 14.3. The molecular formula is C13H12FN3O2. The highest BCUT2D eigenvalue weighted by atomic mass is 19.1. The van der Waals surface area contributed by atoms with E-state index in [1.54, 1.807) is 12.3 Å². The standard InChI is InChI=1S/C13H12FN3O2/c1-9-5-6-10(15-7-9)8-16-13-11(14)3-2-4-12(13)17(18)19/h2-7,16H,8H2,1H3. The van der Waals surface area contributed by atoms with Crippen molar-refractivity contribution in [3.63, 3.8) is 0 Å². The molecule has 1 aromatic carbocycles. The third-order valence-corrected chi connectivity index (χ3v) is 2.61. The number of benzene rings is 1. The van der Waals surface area contributed by atoms with Crippen molar-refractivity contribution in [1.29, 1.82) is 0 Å². The third-order valence-electron chi connectivity index (χ3n) is 2.61. The molecule has 0 saturated carbocycles. The van der Waals surface area contributed by atoms with E-state index in [2.05, 4.69) is 10.3 Å². The summed E-state index contributed by atoms with van der Waals surface area (Å²) in [5.74, 6) is -0.652. The fraction of sp³-hybridized carbons (Fsp3) is 0.154. The van der Waals surface area contributed by atoms with Crippen LogP contribution in [0.1, 0.15) is 11.3 Å². The van der Waals surface area contributed by atoms with Gasteiger partial charge in [-0.1, -0.05) is 12.1 Å². The molecule has 5 nitrogen and oxygen atoms in total. The van der Waals surface area contributed by atoms with Gasteiger partial charge in [0, 0.05) is 12.3 Å². The van der Waals surface area contributed by atoms with Gasteiger partial charge in [-0.05, 0) is 24.6 Å². The first kappa shape index (κ1) is 12.9. The van der Waals surface area contributed by atoms with Crippen LogP contribution in [0.15, 0.2) is 36.5 Å². The Morgan fingerprint density at radius 1 is 1.37 bits per heavy atom. The Morgan fingerprint density at radius 3 is 2.79 bits per heavy atom. The fourth-order valence-corrected chi connectivity index (χ4v) is 1.62. The van der Waals surface area contributed by atoms with Crippen LogP contribution < -0.4 is 5.32 Å². The van der Waals surface area contributed by atoms with Crippen LogP contribution in [0, 0.1) is 22.9 Å². The molecule has 2 rings (SSSR count). The molecule has 0 spiro atoms. The van der Waals surface area contributed by atoms with E-state index < -0.39 is 10.7 Å². The number of para-hydroxylation sites is 1. The predicted octanol–water partition coefficient (Wildman–Crippen LogP) is 3.05. The number of nitro benzene ring substituents is 1. The highest BCUT2D eigenvalue weighted by Gasteiger charge is 2.17. The number of rotatable bonds is 4. The summed E-state index contributed by atoms with van der Waals surface area (Å²) < 4.78 is 13.6. The molecule has 0 bridgehead atoms. The topological polar surface area (TPSA) is 68.1 Å². The molecule has 1 N–H and O–H groups in total. The van der Waals surface area contributed by atoms with E-state index >= 15 is 0 Å². The van der Waals surface area contributed by atoms with E-state index in [0.29, 0.717) is 5.69 Å². The second-order valence-corrected chi connectivity index (χ2v) is 4.07. The Labute approximate surface area is 109 Å². The van der Waals surface area contributed by atoms with Crippen molar-refractivity contribution in [2.24, 2.45) is 0 Å². The van der Waals surface area contributed by atoms with Crippen LogP contribution in [0.2, 0.25) is 0 Å². The Bertz CT molecular complexity index is 599. The lowest BCUT2D eigenvalue weighted by molar-refractivity contribution is -0.384. The van der Waals surface area contributed by atoms with Crippen LogP contribution in [-0.2, 0) is 6.54 Å². The number of hydrogen-bond acceptors (Lipinski definition) is 4. The maximum absolute atomic E-state index is 13.6. The van der Waals surface area contributed by atoms with Crippen molar-refractivity contribution in [1.82, 2.24) is 4.98 Å². The molecule has 1 aromatic heterocycles. The van der Waals surface area contributed by atoms with Crippen LogP contribution in [-0.4, -0.2) is 9.91 Å². The summed E-state index contributed by atoms with van der Waals surface area (Å²) in [6, 6.07) is 7.41. The monoisotopic (exact) mass is 261 g/mol. The van der Waals surface area contributed by atoms with Crippen LogP contribution in [0.25, 0.3) is 0 Å². The van der Waals surface area contributed by atoms with Crippen molar-refractivity contribution in [2.45, 2.75) is 13.5 Å². The van der Waals surface area contributed by atoms with Gasteiger partial charge in [-0.25, -0.2) is 4.39 Å². The van der Waals surface area contributed by atoms with Gasteiger partial charge < -0.3 is 5.32 Å². The Kier molecular flexibility index (Phi) is 3.70. The van der Waals surface area contributed by atoms with E-state index in [-0.39, 0.29) is 17.9 Å². The first-order chi connectivity index (χ1) is 9.08. The highest BCUT2D eigenvalue weighted by Crippen LogP contribution is 2.27. The lowest BCUT2D eigenvalue weighted by Gasteiger charge is -2.07. The van der Waals surface area contributed by atoms with Gasteiger partial charge in [-0.15, -0.1) is 0 Å². The smallest absolute Gasteiger partial charge is 0.295 e. The second-order valence-electron chi connectivity index (χ2n) is 4.07. The number of pyridine rings is 1. The predicted molar refractivity (Wildman–Crippen MR) is 69.4 cm³/mol. The van der Waals surface area contributed by atoms with Gasteiger partial charge in [0.15, 0.2) is 5.82 Å². The average Bonchev–Trinajstić information content (AvgIpc) is 2.39. The minimum absolute atomic E-state index is 0.116. The van der Waals surface area contributed by atoms with E-state index in [9.17, 15) is 14.5 Å². The number of hydrogen-bond donors (Lipinski definition) is 1. The number of nitrogens with one attached hydrogen (secondary N) is 1. The molecule has 1 heterocycles. The zero-order chi connectivity index (χ0) is 13.8. The lowest BCUT2D eigenvalue weighted by Crippen LogP contribution is -2.06. The first-order valence-corrected chi connectivity index (χ1v) is 5.66. The van der Waals surface area contributed by atoms with Crippen molar-refractivity contribution < 1.29 is 9.31 Å². The summed E-state index contributed by atoms with van der Waals surface area (Å²) in [5.41, 5.74) is 1.30. The van der Waals surface area contributed by atoms with E-state index in [4.69, 9.17) is 0 Å². The molecule has 19 heavy (non-hydrogen) atoms. The zero-order valence-electron chi connectivity index (χ0n) is 10.3. The van der Waals surface area contributed by atoms with Gasteiger partial charge in [0.1, 0.15) is 5.69 Å². The molecular weight excluding hydrogens is 249 g/mol. The van der Waals surface area contributed by atoms with Gasteiger partial charge >= 0.3 is 0 Å². The van der Waals surface area contributed by atoms with Crippen molar-refractivity contribution in [2.75, 3.05) is 5.32 Å². The number of nitro groups is 1. The first-order valence-electron chi connectivity index (χ1n) is 5.66. The molecule has 0 atom stereocenters. The minimum atomic E-state index is -0.652. The molecule has 0 amide bonds. The molecule has 98 valence electrons. The molecule has 0 fully saturated rings. The Balaban J connectivity index is 2.19. The largest absolute Gasteiger partial charge is 0.371 e. The molecule has 2 aromatic rings. The molecule has 0 saturated heterocycles. The minimum Gasteiger partial charge on any atom is -0.371 e. The van der Waals surface area contributed by atoms with Gasteiger partial charge in [0.05, 0.1) is 17.2 Å². The SMILES string of the molecule is Cc1ccc(CNc2c(F)cccc2[N+](=O)[O-])nc1. The van der Waals surface area contributed by atoms with Crippen molar-refractivity contribution in [3.8, 4) is 0 Å². The molecule has 6 heteroatoms. The number of anilines is 1. The van der Waals surface area contributed by atoms with Crippen LogP contribution in [0.4, 0.5) is 15.8 Å². The van der Waals surface area contributed by atoms with Gasteiger partial charge in [0.2, 0.25) is 0 Å². The number of nitrogens with zero attached hydrogens (tertiary/aromatic N) is 2. The van der Waals surface area contributed by atoms with E-state index in [1.165, 1.54) is 18.2 Å². The average molecular weight is 261 g/mol. The summed E-state index contributed by atoms with van der Waals surface area (Å²) >= 11 is 0. The normalized spacial score (nSPS) is 10.2. The lowest BCUT2D eigenvalue weighted by atomic mass is 10.2. The Morgan fingerprint density at radius 2 is 2.16 bits per heavy atom. The van der Waals surface area contributed by atoms with Crippen LogP contribution >= 0.6 is 0 Å². The molecule has 0 radical (unpaired) electrons. The molecule has 0 aliphatic rings. The zero-order valence-corrected chi connectivity index (χ0v) is 10.3. The Hall–Kier alpha value is -2.50. The molecule has 0 aliphatic heterocycles. The summed E-state index contributed by atoms with van der Waals surface area (Å²) in [6.45, 7) is 2.13. The van der Waals surface area contributed by atoms with Gasteiger partial charge in [0.25, 0.3) is 5.69 Å². The number of halogens is 1. The van der Waals surface area contributed by atoms with Crippen LogP contribution in [0.3, 0.4) is 0 Å².